The van der Waals surface area contributed by atoms with Crippen LogP contribution >= 0.6 is 0 Å². The van der Waals surface area contributed by atoms with Crippen molar-refractivity contribution in [2.45, 2.75) is 19.8 Å². The van der Waals surface area contributed by atoms with Gasteiger partial charge in [0.1, 0.15) is 11.2 Å². The van der Waals surface area contributed by atoms with Crippen LogP contribution in [-0.2, 0) is 0 Å². The largest absolute Gasteiger partial charge is 0.456 e. The van der Waals surface area contributed by atoms with E-state index in [1.807, 2.05) is 24.3 Å². The molecule has 1 aliphatic carbocycles. The summed E-state index contributed by atoms with van der Waals surface area (Å²) >= 11 is 0. The lowest BCUT2D eigenvalue weighted by molar-refractivity contribution is 0.669. The second-order valence-electron chi connectivity index (χ2n) is 9.67. The minimum atomic E-state index is 0.645. The van der Waals surface area contributed by atoms with Crippen LogP contribution in [0.2, 0.25) is 0 Å². The van der Waals surface area contributed by atoms with Crippen molar-refractivity contribution in [3.8, 4) is 33.9 Å². The Labute approximate surface area is 221 Å². The van der Waals surface area contributed by atoms with E-state index in [1.165, 1.54) is 11.1 Å². The van der Waals surface area contributed by atoms with E-state index in [0.29, 0.717) is 17.5 Å². The summed E-state index contributed by atoms with van der Waals surface area (Å²) in [7, 11) is 0. The number of furan rings is 1. The van der Waals surface area contributed by atoms with Crippen molar-refractivity contribution in [2.75, 3.05) is 0 Å². The first-order valence-corrected chi connectivity index (χ1v) is 12.9. The third-order valence-electron chi connectivity index (χ3n) is 7.03. The maximum atomic E-state index is 6.19. The van der Waals surface area contributed by atoms with E-state index in [9.17, 15) is 0 Å². The summed E-state index contributed by atoms with van der Waals surface area (Å²) in [4.78, 5) is 14.9. The molecule has 0 unspecified atom stereocenters. The third-order valence-corrected chi connectivity index (χ3v) is 7.03. The molecule has 0 N–H and O–H groups in total. The van der Waals surface area contributed by atoms with Crippen molar-refractivity contribution < 1.29 is 4.42 Å². The number of rotatable bonds is 4. The van der Waals surface area contributed by atoms with Gasteiger partial charge in [-0.25, -0.2) is 15.0 Å². The molecule has 0 atom stereocenters. The smallest absolute Gasteiger partial charge is 0.164 e. The molecule has 0 saturated heterocycles. The maximum Gasteiger partial charge on any atom is 0.164 e. The summed E-state index contributed by atoms with van der Waals surface area (Å²) in [6.07, 6.45) is 8.52. The zero-order valence-electron chi connectivity index (χ0n) is 21.1. The lowest BCUT2D eigenvalue weighted by atomic mass is 10.0. The molecule has 0 bridgehead atoms. The summed E-state index contributed by atoms with van der Waals surface area (Å²) in [6.45, 7) is 2.10. The molecule has 7 rings (SSSR count). The number of benzene rings is 4. The highest BCUT2D eigenvalue weighted by molar-refractivity contribution is 6.12. The van der Waals surface area contributed by atoms with Crippen LogP contribution in [0.4, 0.5) is 0 Å². The highest BCUT2D eigenvalue weighted by Crippen LogP contribution is 2.37. The van der Waals surface area contributed by atoms with E-state index in [-0.39, 0.29) is 0 Å². The summed E-state index contributed by atoms with van der Waals surface area (Å²) < 4.78 is 6.19. The van der Waals surface area contributed by atoms with Crippen LogP contribution in [0.5, 0.6) is 0 Å². The van der Waals surface area contributed by atoms with Crippen LogP contribution in [0, 0.1) is 6.92 Å². The Bertz CT molecular complexity index is 1860. The van der Waals surface area contributed by atoms with E-state index in [0.717, 1.165) is 57.0 Å². The lowest BCUT2D eigenvalue weighted by Crippen LogP contribution is -2.03. The van der Waals surface area contributed by atoms with Crippen LogP contribution in [0.15, 0.2) is 114 Å². The molecule has 4 nitrogen and oxygen atoms in total. The molecule has 4 aromatic carbocycles. The number of hydrogen-bond acceptors (Lipinski definition) is 4. The van der Waals surface area contributed by atoms with Gasteiger partial charge in [0.2, 0.25) is 0 Å². The normalized spacial score (nSPS) is 13.2. The number of fused-ring (bicyclic) bond motifs is 3. The van der Waals surface area contributed by atoms with E-state index in [1.54, 1.807) is 0 Å². The molecule has 6 aromatic rings. The molecule has 182 valence electrons. The molecule has 2 aromatic heterocycles. The summed E-state index contributed by atoms with van der Waals surface area (Å²) in [5, 5.41) is 2.10. The number of hydrogen-bond donors (Lipinski definition) is 0. The summed E-state index contributed by atoms with van der Waals surface area (Å²) in [5.74, 6) is 1.99. The van der Waals surface area contributed by atoms with Gasteiger partial charge < -0.3 is 4.42 Å². The second kappa shape index (κ2) is 9.24. The van der Waals surface area contributed by atoms with Crippen molar-refractivity contribution in [1.82, 2.24) is 15.0 Å². The minimum absolute atomic E-state index is 0.645. The molecule has 0 fully saturated rings. The Balaban J connectivity index is 1.42. The van der Waals surface area contributed by atoms with E-state index >= 15 is 0 Å². The standard InChI is InChI=1S/C34H25N3O/c1-22-15-20-29-28(21-22)31-27(13-8-14-30(31)38-29)34-36-32(25-11-6-3-7-12-25)35-33(37-34)26-18-16-24(17-19-26)23-9-4-2-5-10-23/h2,4-6,8-21H,3,7H2,1H3. The highest BCUT2D eigenvalue weighted by Gasteiger charge is 2.18. The fourth-order valence-electron chi connectivity index (χ4n) is 5.10. The van der Waals surface area contributed by atoms with Crippen LogP contribution in [0.1, 0.15) is 24.2 Å². The first kappa shape index (κ1) is 22.4. The number of aryl methyl sites for hydroxylation is 1. The molecule has 0 radical (unpaired) electrons. The first-order chi connectivity index (χ1) is 18.7. The maximum absolute atomic E-state index is 6.19. The first-order valence-electron chi connectivity index (χ1n) is 12.9. The van der Waals surface area contributed by atoms with Gasteiger partial charge in [-0.1, -0.05) is 96.6 Å². The molecular formula is C34H25N3O. The Morgan fingerprint density at radius 3 is 2.21 bits per heavy atom. The second-order valence-corrected chi connectivity index (χ2v) is 9.67. The van der Waals surface area contributed by atoms with E-state index in [2.05, 4.69) is 91.9 Å². The van der Waals surface area contributed by atoms with Gasteiger partial charge in [0.05, 0.1) is 0 Å². The van der Waals surface area contributed by atoms with Crippen LogP contribution in [0.3, 0.4) is 0 Å². The van der Waals surface area contributed by atoms with Crippen LogP contribution in [0.25, 0.3) is 61.4 Å². The summed E-state index contributed by atoms with van der Waals surface area (Å²) in [5.41, 5.74) is 8.14. The predicted octanol–water partition coefficient (Wildman–Crippen LogP) is 8.81. The molecule has 38 heavy (non-hydrogen) atoms. The van der Waals surface area contributed by atoms with Crippen LogP contribution < -0.4 is 0 Å². The Kier molecular flexibility index (Phi) is 5.44. The van der Waals surface area contributed by atoms with Crippen molar-refractivity contribution in [1.29, 1.82) is 0 Å². The van der Waals surface area contributed by atoms with Gasteiger partial charge in [-0.05, 0) is 49.1 Å². The van der Waals surface area contributed by atoms with Gasteiger partial charge in [0.25, 0.3) is 0 Å². The molecular weight excluding hydrogens is 466 g/mol. The van der Waals surface area contributed by atoms with E-state index in [4.69, 9.17) is 19.4 Å². The fraction of sp³-hybridized carbons (Fsp3) is 0.0882. The molecule has 0 amide bonds. The van der Waals surface area contributed by atoms with Crippen molar-refractivity contribution in [3.63, 3.8) is 0 Å². The monoisotopic (exact) mass is 491 g/mol. The third kappa shape index (κ3) is 4.00. The van der Waals surface area contributed by atoms with E-state index < -0.39 is 0 Å². The van der Waals surface area contributed by atoms with Gasteiger partial charge in [0.15, 0.2) is 17.5 Å². The quantitative estimate of drug-likeness (QED) is 0.247. The molecule has 2 heterocycles. The average molecular weight is 492 g/mol. The zero-order chi connectivity index (χ0) is 25.5. The molecule has 0 saturated carbocycles. The Hall–Kier alpha value is -4.83. The SMILES string of the molecule is Cc1ccc2oc3cccc(-c4nc(C5=CCCC=C5)nc(-c5ccc(-c6ccccc6)cc5)n4)c3c2c1. The fourth-order valence-corrected chi connectivity index (χ4v) is 5.10. The number of nitrogens with zero attached hydrogens (tertiary/aromatic N) is 3. The number of aromatic nitrogens is 3. The van der Waals surface area contributed by atoms with Gasteiger partial charge in [-0.15, -0.1) is 0 Å². The van der Waals surface area contributed by atoms with Gasteiger partial charge in [-0.3, -0.25) is 0 Å². The van der Waals surface area contributed by atoms with Crippen molar-refractivity contribution >= 4 is 27.5 Å². The number of allylic oxidation sites excluding steroid dienone is 4. The Morgan fingerprint density at radius 1 is 0.632 bits per heavy atom. The van der Waals surface area contributed by atoms with Crippen molar-refractivity contribution in [3.05, 3.63) is 121 Å². The van der Waals surface area contributed by atoms with Crippen LogP contribution in [-0.4, -0.2) is 15.0 Å². The van der Waals surface area contributed by atoms with Gasteiger partial charge in [0, 0.05) is 27.5 Å². The predicted molar refractivity (Wildman–Crippen MR) is 155 cm³/mol. The molecule has 1 aliphatic rings. The topological polar surface area (TPSA) is 51.8 Å². The molecule has 0 spiro atoms. The van der Waals surface area contributed by atoms with Crippen molar-refractivity contribution in [2.24, 2.45) is 0 Å². The van der Waals surface area contributed by atoms with Gasteiger partial charge in [-0.2, -0.15) is 0 Å². The lowest BCUT2D eigenvalue weighted by Gasteiger charge is -2.11. The highest BCUT2D eigenvalue weighted by atomic mass is 16.3. The zero-order valence-corrected chi connectivity index (χ0v) is 21.1. The average Bonchev–Trinajstić information content (AvgIpc) is 3.36. The minimum Gasteiger partial charge on any atom is -0.456 e. The molecule has 0 aliphatic heterocycles. The Morgan fingerprint density at radius 2 is 1.39 bits per heavy atom. The summed E-state index contributed by atoms with van der Waals surface area (Å²) in [6, 6.07) is 31.2. The molecule has 4 heteroatoms. The van der Waals surface area contributed by atoms with Gasteiger partial charge >= 0.3 is 0 Å².